The highest BCUT2D eigenvalue weighted by atomic mass is 32.3. The van der Waals surface area contributed by atoms with E-state index in [-0.39, 0.29) is 5.92 Å². The Morgan fingerprint density at radius 2 is 1.40 bits per heavy atom. The molecule has 1 N–H and O–H groups in total. The highest BCUT2D eigenvalue weighted by molar-refractivity contribution is 8.08. The van der Waals surface area contributed by atoms with E-state index in [0.29, 0.717) is 25.9 Å². The number of sulfone groups is 2. The molecule has 0 aromatic heterocycles. The molecule has 15 heavy (non-hydrogen) atoms. The monoisotopic (exact) mass is 255 g/mol. The van der Waals surface area contributed by atoms with Gasteiger partial charge in [0, 0.05) is 12.5 Å². The van der Waals surface area contributed by atoms with Crippen LogP contribution in [0.15, 0.2) is 0 Å². The summed E-state index contributed by atoms with van der Waals surface area (Å²) in [5.74, 6) is -0.267. The molecule has 0 aliphatic carbocycles. The van der Waals surface area contributed by atoms with Crippen LogP contribution in [-0.4, -0.2) is 47.0 Å². The normalized spacial score (nSPS) is 20.7. The van der Waals surface area contributed by atoms with E-state index >= 15 is 0 Å². The molecule has 0 unspecified atom stereocenters. The summed E-state index contributed by atoms with van der Waals surface area (Å²) >= 11 is 0. The summed E-state index contributed by atoms with van der Waals surface area (Å²) in [7, 11) is -7.08. The fraction of sp³-hybridized carbons (Fsp3) is 1.00. The molecule has 0 bridgehead atoms. The average molecular weight is 255 g/mol. The van der Waals surface area contributed by atoms with Gasteiger partial charge in [0.1, 0.15) is 0 Å². The standard InChI is InChI=1S/C8H17NO4S2/c1-14(10,11)8(15(2,12)13)7-3-5-9-6-4-7/h7-9H,3-6H2,1-2H3. The van der Waals surface area contributed by atoms with E-state index in [2.05, 4.69) is 5.32 Å². The van der Waals surface area contributed by atoms with E-state index in [1.54, 1.807) is 0 Å². The molecule has 1 heterocycles. The van der Waals surface area contributed by atoms with E-state index in [0.717, 1.165) is 12.5 Å². The fourth-order valence-corrected chi connectivity index (χ4v) is 6.62. The first kappa shape index (κ1) is 12.9. The zero-order valence-corrected chi connectivity index (χ0v) is 10.6. The van der Waals surface area contributed by atoms with Gasteiger partial charge in [-0.15, -0.1) is 0 Å². The van der Waals surface area contributed by atoms with Gasteiger partial charge in [0.05, 0.1) is 0 Å². The van der Waals surface area contributed by atoms with Crippen LogP contribution in [-0.2, 0) is 19.7 Å². The third-order valence-corrected chi connectivity index (χ3v) is 7.17. The quantitative estimate of drug-likeness (QED) is 0.728. The van der Waals surface area contributed by atoms with Crippen molar-refractivity contribution in [2.24, 2.45) is 5.92 Å². The molecule has 0 spiro atoms. The van der Waals surface area contributed by atoms with Gasteiger partial charge in [-0.25, -0.2) is 16.8 Å². The maximum atomic E-state index is 11.5. The van der Waals surface area contributed by atoms with Crippen molar-refractivity contribution in [2.75, 3.05) is 25.6 Å². The van der Waals surface area contributed by atoms with Crippen molar-refractivity contribution in [3.8, 4) is 0 Å². The van der Waals surface area contributed by atoms with E-state index in [9.17, 15) is 16.8 Å². The lowest BCUT2D eigenvalue weighted by Gasteiger charge is -2.28. The Hall–Kier alpha value is -0.140. The Labute approximate surface area is 91.1 Å². The van der Waals surface area contributed by atoms with E-state index in [4.69, 9.17) is 0 Å². The minimum absolute atomic E-state index is 0.267. The second kappa shape index (κ2) is 4.39. The first-order chi connectivity index (χ1) is 6.73. The van der Waals surface area contributed by atoms with Gasteiger partial charge in [-0.3, -0.25) is 0 Å². The van der Waals surface area contributed by atoms with Crippen LogP contribution in [0.25, 0.3) is 0 Å². The predicted octanol–water partition coefficient (Wildman–Crippen LogP) is -0.599. The van der Waals surface area contributed by atoms with Gasteiger partial charge in [-0.05, 0) is 31.8 Å². The Balaban J connectivity index is 3.01. The molecule has 0 radical (unpaired) electrons. The van der Waals surface area contributed by atoms with Crippen LogP contribution in [0.4, 0.5) is 0 Å². The molecule has 90 valence electrons. The van der Waals surface area contributed by atoms with Gasteiger partial charge in [0.15, 0.2) is 24.3 Å². The van der Waals surface area contributed by atoms with Crippen LogP contribution in [0, 0.1) is 5.92 Å². The maximum absolute atomic E-state index is 11.5. The van der Waals surface area contributed by atoms with Gasteiger partial charge < -0.3 is 5.32 Å². The summed E-state index contributed by atoms with van der Waals surface area (Å²) in [4.78, 5) is 0. The largest absolute Gasteiger partial charge is 0.317 e. The lowest BCUT2D eigenvalue weighted by atomic mass is 10.0. The minimum Gasteiger partial charge on any atom is -0.317 e. The molecular formula is C8H17NO4S2. The molecular weight excluding hydrogens is 238 g/mol. The Kier molecular flexibility index (Phi) is 3.78. The molecule has 1 saturated heterocycles. The van der Waals surface area contributed by atoms with Gasteiger partial charge in [0.2, 0.25) is 0 Å². The van der Waals surface area contributed by atoms with Crippen molar-refractivity contribution < 1.29 is 16.8 Å². The molecule has 7 heteroatoms. The Morgan fingerprint density at radius 3 is 1.73 bits per heavy atom. The van der Waals surface area contributed by atoms with Crippen LogP contribution in [0.2, 0.25) is 0 Å². The lowest BCUT2D eigenvalue weighted by Crippen LogP contribution is -2.41. The number of rotatable bonds is 3. The summed E-state index contributed by atoms with van der Waals surface area (Å²) in [5.41, 5.74) is 0. The van der Waals surface area contributed by atoms with Gasteiger partial charge >= 0.3 is 0 Å². The second-order valence-corrected chi connectivity index (χ2v) is 8.75. The first-order valence-electron chi connectivity index (χ1n) is 4.81. The topological polar surface area (TPSA) is 80.3 Å². The van der Waals surface area contributed by atoms with E-state index < -0.39 is 24.3 Å². The van der Waals surface area contributed by atoms with E-state index in [1.165, 1.54) is 0 Å². The zero-order valence-electron chi connectivity index (χ0n) is 8.93. The smallest absolute Gasteiger partial charge is 0.165 e. The molecule has 1 fully saturated rings. The molecule has 0 amide bonds. The number of hydrogen-bond donors (Lipinski definition) is 1. The third kappa shape index (κ3) is 3.42. The van der Waals surface area contributed by atoms with Crippen molar-refractivity contribution in [2.45, 2.75) is 17.4 Å². The number of hydrogen-bond acceptors (Lipinski definition) is 5. The lowest BCUT2D eigenvalue weighted by molar-refractivity contribution is 0.384. The van der Waals surface area contributed by atoms with Crippen LogP contribution in [0.1, 0.15) is 12.8 Å². The molecule has 0 aromatic rings. The van der Waals surface area contributed by atoms with Gasteiger partial charge in [-0.2, -0.15) is 0 Å². The zero-order chi connectivity index (χ0) is 11.7. The molecule has 1 rings (SSSR count). The summed E-state index contributed by atoms with van der Waals surface area (Å²) in [6.45, 7) is 1.37. The van der Waals surface area contributed by atoms with Crippen LogP contribution in [0.3, 0.4) is 0 Å². The Morgan fingerprint density at radius 1 is 1.00 bits per heavy atom. The highest BCUT2D eigenvalue weighted by Gasteiger charge is 2.38. The minimum atomic E-state index is -3.54. The van der Waals surface area contributed by atoms with Crippen LogP contribution in [0.5, 0.6) is 0 Å². The van der Waals surface area contributed by atoms with Crippen molar-refractivity contribution in [3.05, 3.63) is 0 Å². The van der Waals surface area contributed by atoms with Crippen molar-refractivity contribution in [1.82, 2.24) is 5.32 Å². The Bertz CT molecular complexity index is 374. The van der Waals surface area contributed by atoms with Gasteiger partial charge in [-0.1, -0.05) is 0 Å². The maximum Gasteiger partial charge on any atom is 0.165 e. The molecule has 0 saturated carbocycles. The van der Waals surface area contributed by atoms with Crippen molar-refractivity contribution in [1.29, 1.82) is 0 Å². The predicted molar refractivity (Wildman–Crippen MR) is 59.1 cm³/mol. The third-order valence-electron chi connectivity index (χ3n) is 2.61. The molecule has 5 nitrogen and oxygen atoms in total. The summed E-state index contributed by atoms with van der Waals surface area (Å²) in [6.07, 6.45) is 3.21. The van der Waals surface area contributed by atoms with E-state index in [1.807, 2.05) is 0 Å². The van der Waals surface area contributed by atoms with Gasteiger partial charge in [0.25, 0.3) is 0 Å². The summed E-state index contributed by atoms with van der Waals surface area (Å²) < 4.78 is 44.7. The fourth-order valence-electron chi connectivity index (χ4n) is 2.13. The summed E-state index contributed by atoms with van der Waals surface area (Å²) in [6, 6.07) is 0. The summed E-state index contributed by atoms with van der Waals surface area (Å²) in [5, 5.41) is 3.08. The SMILES string of the molecule is CS(=O)(=O)C(C1CCNCC1)S(C)(=O)=O. The second-order valence-electron chi connectivity index (χ2n) is 4.11. The van der Waals surface area contributed by atoms with Crippen LogP contribution < -0.4 is 5.32 Å². The van der Waals surface area contributed by atoms with Crippen LogP contribution >= 0.6 is 0 Å². The molecule has 1 aliphatic rings. The number of nitrogens with one attached hydrogen (secondary N) is 1. The first-order valence-corrected chi connectivity index (χ1v) is 8.72. The average Bonchev–Trinajstić information content (AvgIpc) is 2.00. The van der Waals surface area contributed by atoms with Crippen molar-refractivity contribution in [3.63, 3.8) is 0 Å². The van der Waals surface area contributed by atoms with Crippen molar-refractivity contribution >= 4 is 19.7 Å². The highest BCUT2D eigenvalue weighted by Crippen LogP contribution is 2.25. The molecule has 1 aliphatic heterocycles. The number of piperidine rings is 1. The molecule has 0 atom stereocenters. The molecule has 0 aromatic carbocycles.